The second kappa shape index (κ2) is 5.43. The fourth-order valence-electron chi connectivity index (χ4n) is 1.01. The summed E-state index contributed by atoms with van der Waals surface area (Å²) in [6.45, 7) is 1.32. The first-order valence-electron chi connectivity index (χ1n) is 4.52. The van der Waals surface area contributed by atoms with E-state index in [9.17, 15) is 4.79 Å². The first-order valence-corrected chi connectivity index (χ1v) is 4.52. The number of hydrogen-bond donors (Lipinski definition) is 2. The topological polar surface area (TPSA) is 79.6 Å². The number of ether oxygens (including phenoxy) is 1. The predicted octanol–water partition coefficient (Wildman–Crippen LogP) is -0.0655. The molecule has 0 spiro atoms. The molecule has 0 aliphatic rings. The van der Waals surface area contributed by atoms with Gasteiger partial charge in [-0.1, -0.05) is 0 Å². The summed E-state index contributed by atoms with van der Waals surface area (Å²) in [4.78, 5) is 14.6. The van der Waals surface area contributed by atoms with Crippen LogP contribution in [0.4, 0.5) is 0 Å². The van der Waals surface area contributed by atoms with Crippen LogP contribution in [0, 0.1) is 6.92 Å². The number of aliphatic hydroxyl groups is 2. The standard InChI is InChI=1S/C10H13NO4/c1-7-2-3-10(9(5-13)11-7)15-6-8(14)4-12/h2-3,5,8,12,14H,4,6H2,1H3. The molecule has 1 aromatic heterocycles. The molecule has 0 radical (unpaired) electrons. The summed E-state index contributed by atoms with van der Waals surface area (Å²) in [5, 5.41) is 17.6. The average Bonchev–Trinajstić information content (AvgIpc) is 2.26. The molecular formula is C10H13NO4. The maximum absolute atomic E-state index is 10.6. The van der Waals surface area contributed by atoms with Gasteiger partial charge in [0.2, 0.25) is 0 Å². The van der Waals surface area contributed by atoms with Gasteiger partial charge in [0.1, 0.15) is 24.2 Å². The molecule has 82 valence electrons. The zero-order valence-corrected chi connectivity index (χ0v) is 8.38. The Morgan fingerprint density at radius 2 is 2.33 bits per heavy atom. The van der Waals surface area contributed by atoms with E-state index in [1.165, 1.54) is 0 Å². The molecule has 0 amide bonds. The highest BCUT2D eigenvalue weighted by Gasteiger charge is 2.07. The van der Waals surface area contributed by atoms with Crippen molar-refractivity contribution in [3.63, 3.8) is 0 Å². The highest BCUT2D eigenvalue weighted by Crippen LogP contribution is 2.14. The number of aryl methyl sites for hydroxylation is 1. The molecule has 1 unspecified atom stereocenters. The molecule has 0 saturated carbocycles. The summed E-state index contributed by atoms with van der Waals surface area (Å²) in [6.07, 6.45) is -0.362. The number of carbonyl (C=O) groups is 1. The van der Waals surface area contributed by atoms with Crippen LogP contribution < -0.4 is 4.74 Å². The highest BCUT2D eigenvalue weighted by molar-refractivity contribution is 5.76. The van der Waals surface area contributed by atoms with Gasteiger partial charge in [0.15, 0.2) is 6.29 Å². The first kappa shape index (κ1) is 11.6. The number of aldehydes is 1. The normalized spacial score (nSPS) is 12.2. The van der Waals surface area contributed by atoms with E-state index in [1.54, 1.807) is 19.1 Å². The Kier molecular flexibility index (Phi) is 4.20. The molecule has 0 aliphatic carbocycles. The van der Waals surface area contributed by atoms with Crippen molar-refractivity contribution in [3.05, 3.63) is 23.5 Å². The third-order valence-electron chi connectivity index (χ3n) is 1.78. The zero-order valence-electron chi connectivity index (χ0n) is 8.38. The molecular weight excluding hydrogens is 198 g/mol. The van der Waals surface area contributed by atoms with Crippen molar-refractivity contribution in [1.29, 1.82) is 0 Å². The van der Waals surface area contributed by atoms with Gasteiger partial charge in [-0.3, -0.25) is 4.79 Å². The number of rotatable bonds is 5. The monoisotopic (exact) mass is 211 g/mol. The smallest absolute Gasteiger partial charge is 0.172 e. The van der Waals surface area contributed by atoms with E-state index in [0.29, 0.717) is 17.7 Å². The van der Waals surface area contributed by atoms with Crippen LogP contribution in [0.25, 0.3) is 0 Å². The lowest BCUT2D eigenvalue weighted by Crippen LogP contribution is -2.21. The summed E-state index contributed by atoms with van der Waals surface area (Å²) in [5.74, 6) is 0.308. The van der Waals surface area contributed by atoms with Gasteiger partial charge in [0, 0.05) is 5.69 Å². The SMILES string of the molecule is Cc1ccc(OCC(O)CO)c(C=O)n1. The largest absolute Gasteiger partial charge is 0.488 e. The van der Waals surface area contributed by atoms with Gasteiger partial charge >= 0.3 is 0 Å². The Hall–Kier alpha value is -1.46. The minimum Gasteiger partial charge on any atom is -0.488 e. The zero-order chi connectivity index (χ0) is 11.3. The van der Waals surface area contributed by atoms with E-state index in [0.717, 1.165) is 0 Å². The van der Waals surface area contributed by atoms with E-state index >= 15 is 0 Å². The van der Waals surface area contributed by atoms with Crippen molar-refractivity contribution in [2.75, 3.05) is 13.2 Å². The van der Waals surface area contributed by atoms with Crippen LogP contribution in [-0.2, 0) is 0 Å². The van der Waals surface area contributed by atoms with Crippen molar-refractivity contribution >= 4 is 6.29 Å². The average molecular weight is 211 g/mol. The lowest BCUT2D eigenvalue weighted by atomic mass is 10.3. The minimum absolute atomic E-state index is 0.0674. The van der Waals surface area contributed by atoms with E-state index in [4.69, 9.17) is 14.9 Å². The van der Waals surface area contributed by atoms with Gasteiger partial charge in [-0.25, -0.2) is 4.98 Å². The second-order valence-corrected chi connectivity index (χ2v) is 3.10. The van der Waals surface area contributed by atoms with Crippen LogP contribution in [0.1, 0.15) is 16.2 Å². The second-order valence-electron chi connectivity index (χ2n) is 3.10. The van der Waals surface area contributed by atoms with Crippen molar-refractivity contribution in [1.82, 2.24) is 4.98 Å². The van der Waals surface area contributed by atoms with Crippen LogP contribution in [-0.4, -0.2) is 40.8 Å². The summed E-state index contributed by atoms with van der Waals surface area (Å²) < 4.78 is 5.13. The molecule has 2 N–H and O–H groups in total. The number of aromatic nitrogens is 1. The third kappa shape index (κ3) is 3.30. The van der Waals surface area contributed by atoms with Gasteiger partial charge in [-0.05, 0) is 19.1 Å². The number of nitrogens with zero attached hydrogens (tertiary/aromatic N) is 1. The first-order chi connectivity index (χ1) is 7.17. The van der Waals surface area contributed by atoms with Gasteiger partial charge in [0.25, 0.3) is 0 Å². The summed E-state index contributed by atoms with van der Waals surface area (Å²) in [7, 11) is 0. The lowest BCUT2D eigenvalue weighted by molar-refractivity contribution is 0.0531. The van der Waals surface area contributed by atoms with E-state index in [-0.39, 0.29) is 18.9 Å². The van der Waals surface area contributed by atoms with Gasteiger partial charge in [-0.2, -0.15) is 0 Å². The summed E-state index contributed by atoms with van der Waals surface area (Å²) >= 11 is 0. The third-order valence-corrected chi connectivity index (χ3v) is 1.78. The number of aliphatic hydroxyl groups excluding tert-OH is 2. The van der Waals surface area contributed by atoms with Crippen molar-refractivity contribution in [3.8, 4) is 5.75 Å². The van der Waals surface area contributed by atoms with E-state index < -0.39 is 6.10 Å². The quantitative estimate of drug-likeness (QED) is 0.667. The molecule has 5 nitrogen and oxygen atoms in total. The maximum atomic E-state index is 10.6. The predicted molar refractivity (Wildman–Crippen MR) is 52.9 cm³/mol. The molecule has 1 aromatic rings. The van der Waals surface area contributed by atoms with Gasteiger partial charge < -0.3 is 14.9 Å². The number of carbonyl (C=O) groups excluding carboxylic acids is 1. The van der Waals surface area contributed by atoms with Crippen LogP contribution in [0.3, 0.4) is 0 Å². The molecule has 15 heavy (non-hydrogen) atoms. The summed E-state index contributed by atoms with van der Waals surface area (Å²) in [6, 6.07) is 3.31. The molecule has 0 bridgehead atoms. The molecule has 0 aromatic carbocycles. The Morgan fingerprint density at radius 3 is 2.93 bits per heavy atom. The Morgan fingerprint density at radius 1 is 1.60 bits per heavy atom. The molecule has 0 aliphatic heterocycles. The number of pyridine rings is 1. The maximum Gasteiger partial charge on any atom is 0.172 e. The van der Waals surface area contributed by atoms with Gasteiger partial charge in [-0.15, -0.1) is 0 Å². The molecule has 1 heterocycles. The fourth-order valence-corrected chi connectivity index (χ4v) is 1.01. The Labute approximate surface area is 87.3 Å². The van der Waals surface area contributed by atoms with Crippen molar-refractivity contribution < 1.29 is 19.7 Å². The van der Waals surface area contributed by atoms with Crippen LogP contribution in [0.15, 0.2) is 12.1 Å². The number of hydrogen-bond acceptors (Lipinski definition) is 5. The van der Waals surface area contributed by atoms with Crippen molar-refractivity contribution in [2.24, 2.45) is 0 Å². The molecule has 5 heteroatoms. The van der Waals surface area contributed by atoms with Crippen molar-refractivity contribution in [2.45, 2.75) is 13.0 Å². The fraction of sp³-hybridized carbons (Fsp3) is 0.400. The van der Waals surface area contributed by atoms with E-state index in [2.05, 4.69) is 4.98 Å². The van der Waals surface area contributed by atoms with Crippen LogP contribution in [0.2, 0.25) is 0 Å². The Bertz CT molecular complexity index is 340. The molecule has 1 rings (SSSR count). The Balaban J connectivity index is 2.72. The molecule has 0 saturated heterocycles. The minimum atomic E-state index is -0.953. The van der Waals surface area contributed by atoms with E-state index in [1.807, 2.05) is 0 Å². The van der Waals surface area contributed by atoms with Gasteiger partial charge in [0.05, 0.1) is 6.61 Å². The molecule has 1 atom stereocenters. The molecule has 0 fully saturated rings. The highest BCUT2D eigenvalue weighted by atomic mass is 16.5. The summed E-state index contributed by atoms with van der Waals surface area (Å²) in [5.41, 5.74) is 0.910. The lowest BCUT2D eigenvalue weighted by Gasteiger charge is -2.10. The van der Waals surface area contributed by atoms with Crippen LogP contribution in [0.5, 0.6) is 5.75 Å². The van der Waals surface area contributed by atoms with Crippen LogP contribution >= 0.6 is 0 Å².